The van der Waals surface area contributed by atoms with E-state index in [0.29, 0.717) is 155 Å². The lowest BCUT2D eigenvalue weighted by Gasteiger charge is -2.27. The van der Waals surface area contributed by atoms with Gasteiger partial charge in [-0.15, -0.1) is 0 Å². The maximum absolute atomic E-state index is 13.7. The minimum atomic E-state index is -1.17. The molecule has 0 bridgehead atoms. The van der Waals surface area contributed by atoms with Gasteiger partial charge in [-0.1, -0.05) is 184 Å². The zero-order valence-corrected chi connectivity index (χ0v) is 78.8. The smallest absolute Gasteiger partial charge is 0.305 e. The van der Waals surface area contributed by atoms with Crippen molar-refractivity contribution < 1.29 is 95.5 Å². The molecule has 2 heterocycles. The number of fused-ring (bicyclic) bond motifs is 2. The van der Waals surface area contributed by atoms with Crippen LogP contribution in [-0.2, 0) is 91.8 Å². The number of unbranched alkanes of at least 4 members (excludes halogenated alkanes) is 16. The van der Waals surface area contributed by atoms with Crippen molar-refractivity contribution in [2.75, 3.05) is 148 Å². The Morgan fingerprint density at radius 2 is 1.01 bits per heavy atom. The molecule has 3 aliphatic rings. The molecule has 2 atom stereocenters. The maximum atomic E-state index is 13.7. The molecule has 3 amide bonds. The van der Waals surface area contributed by atoms with Crippen molar-refractivity contribution in [3.8, 4) is 0 Å². The average molecular weight is 1790 g/mol. The van der Waals surface area contributed by atoms with E-state index < -0.39 is 48.8 Å². The van der Waals surface area contributed by atoms with E-state index in [2.05, 4.69) is 154 Å². The number of hydrogen-bond donors (Lipinski definition) is 4. The highest BCUT2D eigenvalue weighted by atomic mass is 32.2. The summed E-state index contributed by atoms with van der Waals surface area (Å²) in [5.41, 5.74) is 18.3. The summed E-state index contributed by atoms with van der Waals surface area (Å²) >= 11 is 1.30. The van der Waals surface area contributed by atoms with Crippen molar-refractivity contribution in [3.05, 3.63) is 136 Å². The summed E-state index contributed by atoms with van der Waals surface area (Å²) in [5.74, 6) is -2.73. The molecule has 0 aromatic heterocycles. The third kappa shape index (κ3) is 41.5. The predicted octanol–water partition coefficient (Wildman–Crippen LogP) is 16.9. The number of ketones is 5. The van der Waals surface area contributed by atoms with Crippen molar-refractivity contribution >= 4 is 87.0 Å². The fraction of sp³-hybridized carbons (Fsp3) is 0.647. The van der Waals surface area contributed by atoms with Gasteiger partial charge in [-0.3, -0.25) is 43.2 Å². The fourth-order valence-corrected chi connectivity index (χ4v) is 17.1. The van der Waals surface area contributed by atoms with E-state index in [0.717, 1.165) is 82.9 Å². The largest absolute Gasteiger partial charge is 0.465 e. The summed E-state index contributed by atoms with van der Waals surface area (Å²) < 4.78 is 52.4. The first-order chi connectivity index (χ1) is 61.6. The standard InChI is InChI=1S/C102H153N5O19S/c1-8-11-12-13-14-15-16-17-18-19-20-21-22-46-99(117)126-71-72-127-78-88(93(113)53-56-97(115)104-87(73-108)92(112)45-30-34-62-121-66-70-123-68-63-118-59-31-27-38-83(109)74-124-76-96(103)114)105-98(116)77-125-75-84(110)39-28-32-60-119-64-67-122-69-65-120-61-33-29-44-91(111)79-47-49-82(50-48-79)100-80(51-54-94-101(4,5)85-40-23-25-42-89(85)106(94)57-9-2)36-35-37-81(100)52-55-95-102(6,7)86-41-24-26-43-90(86)107(95)58-10-3/h23-26,40-43,47-52,54-55,87-88,108H,8-22,27-39,44-46,53,56-78H2,1-7H3,(H3-,103,104,105,114,115,116)/p+1/t87-,88+/m1/s1. The summed E-state index contributed by atoms with van der Waals surface area (Å²) in [6.45, 7) is 21.1. The number of primary amides is 1. The number of aliphatic hydroxyl groups excluding tert-OH is 1. The number of ether oxygens (including phenoxy) is 9. The summed E-state index contributed by atoms with van der Waals surface area (Å²) in [6.07, 6.45) is 35.9. The Hall–Kier alpha value is -7.69. The molecule has 24 nitrogen and oxygen atoms in total. The number of carbonyl (C=O) groups excluding carboxylic acids is 9. The number of amides is 3. The molecule has 5 N–H and O–H groups in total. The van der Waals surface area contributed by atoms with Gasteiger partial charge in [-0.25, -0.2) is 0 Å². The fourth-order valence-electron chi connectivity index (χ4n) is 16.3. The Labute approximate surface area is 762 Å². The van der Waals surface area contributed by atoms with E-state index in [4.69, 9.17) is 48.4 Å². The molecule has 25 heteroatoms. The van der Waals surface area contributed by atoms with Crippen LogP contribution in [0.5, 0.6) is 0 Å². The lowest BCUT2D eigenvalue weighted by molar-refractivity contribution is -0.437. The van der Waals surface area contributed by atoms with E-state index in [1.165, 1.54) is 120 Å². The van der Waals surface area contributed by atoms with E-state index in [-0.39, 0.29) is 97.8 Å². The van der Waals surface area contributed by atoms with Gasteiger partial charge in [0.15, 0.2) is 34.6 Å². The quantitative estimate of drug-likeness (QED) is 0.0177. The number of anilines is 1. The van der Waals surface area contributed by atoms with Crippen LogP contribution in [0.3, 0.4) is 0 Å². The lowest BCUT2D eigenvalue weighted by Crippen LogP contribution is -2.46. The number of aliphatic hydroxyl groups is 1. The summed E-state index contributed by atoms with van der Waals surface area (Å²) in [6, 6.07) is 23.8. The van der Waals surface area contributed by atoms with Gasteiger partial charge in [0, 0.05) is 136 Å². The monoisotopic (exact) mass is 1790 g/mol. The first-order valence-electron chi connectivity index (χ1n) is 47.6. The zero-order valence-electron chi connectivity index (χ0n) is 78.0. The lowest BCUT2D eigenvalue weighted by atomic mass is 9.79. The van der Waals surface area contributed by atoms with Crippen molar-refractivity contribution in [3.63, 3.8) is 0 Å². The molecule has 3 aromatic carbocycles. The van der Waals surface area contributed by atoms with Crippen LogP contribution in [0.25, 0.3) is 5.57 Å². The Morgan fingerprint density at radius 1 is 0.488 bits per heavy atom. The number of rotatable bonds is 76. The molecule has 0 spiro atoms. The van der Waals surface area contributed by atoms with Crippen molar-refractivity contribution in [2.24, 2.45) is 5.73 Å². The van der Waals surface area contributed by atoms with E-state index in [1.54, 1.807) is 0 Å². The van der Waals surface area contributed by atoms with Crippen LogP contribution in [0.15, 0.2) is 114 Å². The van der Waals surface area contributed by atoms with Crippen LogP contribution in [-0.4, -0.2) is 224 Å². The Morgan fingerprint density at radius 3 is 1.58 bits per heavy atom. The van der Waals surface area contributed by atoms with E-state index >= 15 is 0 Å². The molecule has 127 heavy (non-hydrogen) atoms. The second-order valence-corrected chi connectivity index (χ2v) is 35.6. The third-order valence-corrected chi connectivity index (χ3v) is 24.3. The number of allylic oxidation sites excluding steroid dienone is 8. The minimum absolute atomic E-state index is 0.0780. The summed E-state index contributed by atoms with van der Waals surface area (Å²) in [5, 5.41) is 15.3. The number of thioether (sulfide) groups is 1. The van der Waals surface area contributed by atoms with Gasteiger partial charge in [0.2, 0.25) is 23.4 Å². The number of hydrogen-bond acceptors (Lipinski definition) is 21. The van der Waals surface area contributed by atoms with Crippen LogP contribution in [0.1, 0.15) is 287 Å². The number of para-hydroxylation sites is 2. The molecule has 0 radical (unpaired) electrons. The van der Waals surface area contributed by atoms with Gasteiger partial charge >= 0.3 is 5.97 Å². The van der Waals surface area contributed by atoms with Gasteiger partial charge in [0.1, 0.15) is 45.6 Å². The van der Waals surface area contributed by atoms with Gasteiger partial charge in [-0.2, -0.15) is 16.3 Å². The molecule has 0 saturated carbocycles. The van der Waals surface area contributed by atoms with Gasteiger partial charge in [0.25, 0.3) is 0 Å². The number of nitrogens with one attached hydrogen (secondary N) is 2. The highest BCUT2D eigenvalue weighted by molar-refractivity contribution is 7.99. The summed E-state index contributed by atoms with van der Waals surface area (Å²) in [4.78, 5) is 117. The topological polar surface area (TPSA) is 313 Å². The molecule has 3 aromatic rings. The van der Waals surface area contributed by atoms with Crippen LogP contribution >= 0.6 is 11.8 Å². The van der Waals surface area contributed by atoms with Crippen molar-refractivity contribution in [1.29, 1.82) is 0 Å². The molecular weight excluding hydrogens is 1630 g/mol. The number of benzene rings is 3. The summed E-state index contributed by atoms with van der Waals surface area (Å²) in [7, 11) is 0. The number of esters is 1. The maximum Gasteiger partial charge on any atom is 0.305 e. The highest BCUT2D eigenvalue weighted by Gasteiger charge is 2.44. The van der Waals surface area contributed by atoms with Crippen LogP contribution < -0.4 is 21.3 Å². The molecule has 706 valence electrons. The number of carbonyl (C=O) groups is 9. The van der Waals surface area contributed by atoms with E-state index in [1.807, 2.05) is 12.1 Å². The van der Waals surface area contributed by atoms with Crippen LogP contribution in [0.4, 0.5) is 11.4 Å². The normalized spacial score (nSPS) is 15.2. The predicted molar refractivity (Wildman–Crippen MR) is 503 cm³/mol. The minimum Gasteiger partial charge on any atom is -0.465 e. The van der Waals surface area contributed by atoms with Crippen LogP contribution in [0.2, 0.25) is 0 Å². The second-order valence-electron chi connectivity index (χ2n) is 34.5. The highest BCUT2D eigenvalue weighted by Crippen LogP contribution is 2.49. The number of nitrogens with zero attached hydrogens (tertiary/aromatic N) is 2. The van der Waals surface area contributed by atoms with Gasteiger partial charge in [0.05, 0.1) is 70.9 Å². The first-order valence-corrected chi connectivity index (χ1v) is 48.8. The van der Waals surface area contributed by atoms with Gasteiger partial charge in [-0.05, 0) is 137 Å². The average Bonchev–Trinajstić information content (AvgIpc) is 1.60. The second kappa shape index (κ2) is 64.2. The first kappa shape index (κ1) is 108. The molecule has 6 rings (SSSR count). The molecule has 2 aliphatic heterocycles. The molecule has 0 saturated heterocycles. The molecule has 0 unspecified atom stereocenters. The third-order valence-electron chi connectivity index (χ3n) is 23.3. The van der Waals surface area contributed by atoms with Gasteiger partial charge < -0.3 is 69.0 Å². The number of Topliss-reactive ketones (excluding diaryl/α,β-unsaturated/α-hetero) is 5. The molecular formula is C102H154N5O19S+. The van der Waals surface area contributed by atoms with Crippen LogP contribution in [0, 0.1) is 0 Å². The van der Waals surface area contributed by atoms with E-state index in [9.17, 15) is 48.3 Å². The Kier molecular flexibility index (Phi) is 54.6. The SMILES string of the molecule is CCCCCCCCCCCCCCCC(=O)OCCSC[C@H](NC(=O)COCC(=O)CCCCOCCOCCOCCCCC(=O)c1ccc(C2=C(/C=C/C3=[N+](CCC)c4ccccc4C3(C)C)CCC/C2=C\C=C2\N(CCC)c3ccccc3C2(C)C)cc1)C(=O)CCC(=O)N[C@H](CO)C(=O)CCCCOCCOCCOCCCCC(=O)COCC(N)=O. The Balaban J connectivity index is 0.842. The van der Waals surface area contributed by atoms with Crippen molar-refractivity contribution in [1.82, 2.24) is 10.6 Å². The Bertz CT molecular complexity index is 3960. The molecule has 1 aliphatic carbocycles. The van der Waals surface area contributed by atoms with Crippen molar-refractivity contribution in [2.45, 2.75) is 283 Å². The molecule has 0 fully saturated rings. The number of nitrogens with two attached hydrogens (primary N) is 1. The zero-order chi connectivity index (χ0) is 91.5.